The predicted molar refractivity (Wildman–Crippen MR) is 110 cm³/mol. The number of benzene rings is 1. The van der Waals surface area contributed by atoms with Gasteiger partial charge in [0.05, 0.1) is 12.2 Å². The molecule has 0 bridgehead atoms. The highest BCUT2D eigenvalue weighted by atomic mass is 35.5. The van der Waals surface area contributed by atoms with E-state index in [1.165, 1.54) is 0 Å². The van der Waals surface area contributed by atoms with Crippen molar-refractivity contribution in [2.45, 2.75) is 38.1 Å². The largest absolute Gasteiger partial charge is 0.357 e. The SMILES string of the molecule is Clc1ccc(C(NCc2cccnc2)c2cnn(C3CCCCO3)c2)c(Cl)c1. The van der Waals surface area contributed by atoms with Crippen molar-refractivity contribution in [3.63, 3.8) is 0 Å². The number of pyridine rings is 1. The molecule has 2 unspecified atom stereocenters. The van der Waals surface area contributed by atoms with Crippen LogP contribution in [0.1, 0.15) is 48.2 Å². The van der Waals surface area contributed by atoms with Crippen molar-refractivity contribution in [1.29, 1.82) is 0 Å². The lowest BCUT2D eigenvalue weighted by Gasteiger charge is -2.23. The molecule has 1 fully saturated rings. The molecule has 5 nitrogen and oxygen atoms in total. The van der Waals surface area contributed by atoms with Crippen LogP contribution in [-0.4, -0.2) is 21.4 Å². The van der Waals surface area contributed by atoms with Gasteiger partial charge in [-0.15, -0.1) is 0 Å². The van der Waals surface area contributed by atoms with E-state index in [0.717, 1.165) is 42.6 Å². The highest BCUT2D eigenvalue weighted by Crippen LogP contribution is 2.32. The lowest BCUT2D eigenvalue weighted by atomic mass is 10.0. The molecule has 1 aliphatic rings. The Hall–Kier alpha value is -1.92. The standard InChI is InChI=1S/C21H22Cl2N4O/c22-17-6-7-18(19(23)10-17)21(25-12-15-4-3-8-24-11-15)16-13-26-27(14-16)20-5-1-2-9-28-20/h3-4,6-8,10-11,13-14,20-21,25H,1-2,5,9,12H2. The lowest BCUT2D eigenvalue weighted by molar-refractivity contribution is -0.0395. The first-order chi connectivity index (χ1) is 13.7. The number of halogens is 2. The number of hydrogen-bond acceptors (Lipinski definition) is 4. The van der Waals surface area contributed by atoms with Gasteiger partial charge in [0.1, 0.15) is 6.23 Å². The Morgan fingerprint density at radius 1 is 1.21 bits per heavy atom. The Balaban J connectivity index is 1.61. The average Bonchev–Trinajstić information content (AvgIpc) is 3.21. The molecule has 3 aromatic rings. The van der Waals surface area contributed by atoms with E-state index >= 15 is 0 Å². The number of ether oxygens (including phenoxy) is 1. The first-order valence-electron chi connectivity index (χ1n) is 9.43. The lowest BCUT2D eigenvalue weighted by Crippen LogP contribution is -2.22. The zero-order chi connectivity index (χ0) is 19.3. The molecule has 2 atom stereocenters. The van der Waals surface area contributed by atoms with E-state index in [0.29, 0.717) is 16.6 Å². The molecule has 0 aliphatic carbocycles. The number of hydrogen-bond donors (Lipinski definition) is 1. The van der Waals surface area contributed by atoms with Crippen molar-refractivity contribution in [2.24, 2.45) is 0 Å². The molecule has 4 rings (SSSR count). The van der Waals surface area contributed by atoms with Gasteiger partial charge in [-0.05, 0) is 48.6 Å². The summed E-state index contributed by atoms with van der Waals surface area (Å²) in [6, 6.07) is 9.43. The second-order valence-electron chi connectivity index (χ2n) is 6.92. The highest BCUT2D eigenvalue weighted by Gasteiger charge is 2.22. The van der Waals surface area contributed by atoms with E-state index in [2.05, 4.69) is 15.4 Å². The second kappa shape index (κ2) is 9.05. The molecule has 0 radical (unpaired) electrons. The van der Waals surface area contributed by atoms with Gasteiger partial charge in [-0.3, -0.25) is 4.98 Å². The fraction of sp³-hybridized carbons (Fsp3) is 0.333. The average molecular weight is 417 g/mol. The number of rotatable bonds is 6. The second-order valence-corrected chi connectivity index (χ2v) is 7.76. The van der Waals surface area contributed by atoms with Crippen LogP contribution in [0.2, 0.25) is 10.0 Å². The first-order valence-corrected chi connectivity index (χ1v) is 10.2. The molecule has 3 heterocycles. The molecule has 1 N–H and O–H groups in total. The van der Waals surface area contributed by atoms with Crippen LogP contribution >= 0.6 is 23.2 Å². The summed E-state index contributed by atoms with van der Waals surface area (Å²) in [5, 5.41) is 9.38. The van der Waals surface area contributed by atoms with Crippen LogP contribution in [0.4, 0.5) is 0 Å². The maximum atomic E-state index is 6.52. The Morgan fingerprint density at radius 3 is 2.89 bits per heavy atom. The van der Waals surface area contributed by atoms with Gasteiger partial charge in [0, 0.05) is 47.4 Å². The number of nitrogens with one attached hydrogen (secondary N) is 1. The van der Waals surface area contributed by atoms with E-state index < -0.39 is 0 Å². The Morgan fingerprint density at radius 2 is 2.14 bits per heavy atom. The fourth-order valence-electron chi connectivity index (χ4n) is 3.46. The minimum atomic E-state index is -0.123. The smallest absolute Gasteiger partial charge is 0.150 e. The van der Waals surface area contributed by atoms with Crippen LogP contribution in [0.3, 0.4) is 0 Å². The van der Waals surface area contributed by atoms with Gasteiger partial charge < -0.3 is 10.1 Å². The van der Waals surface area contributed by atoms with Gasteiger partial charge in [0.25, 0.3) is 0 Å². The summed E-state index contributed by atoms with van der Waals surface area (Å²) in [6.45, 7) is 1.44. The van der Waals surface area contributed by atoms with Crippen molar-refractivity contribution < 1.29 is 4.74 Å². The summed E-state index contributed by atoms with van der Waals surface area (Å²) in [4.78, 5) is 4.19. The van der Waals surface area contributed by atoms with E-state index in [9.17, 15) is 0 Å². The molecule has 0 amide bonds. The van der Waals surface area contributed by atoms with Crippen LogP contribution in [0.15, 0.2) is 55.1 Å². The molecule has 28 heavy (non-hydrogen) atoms. The molecule has 1 aromatic carbocycles. The van der Waals surface area contributed by atoms with Crippen molar-refractivity contribution >= 4 is 23.2 Å². The van der Waals surface area contributed by atoms with Crippen LogP contribution in [0.5, 0.6) is 0 Å². The van der Waals surface area contributed by atoms with E-state index in [1.807, 2.05) is 47.5 Å². The van der Waals surface area contributed by atoms with Gasteiger partial charge in [0.15, 0.2) is 0 Å². The summed E-state index contributed by atoms with van der Waals surface area (Å²) >= 11 is 12.6. The van der Waals surface area contributed by atoms with E-state index in [1.54, 1.807) is 12.3 Å². The Bertz CT molecular complexity index is 910. The van der Waals surface area contributed by atoms with Crippen molar-refractivity contribution in [3.8, 4) is 0 Å². The van der Waals surface area contributed by atoms with Crippen LogP contribution in [0.25, 0.3) is 0 Å². The molecule has 146 valence electrons. The van der Waals surface area contributed by atoms with Crippen LogP contribution in [-0.2, 0) is 11.3 Å². The predicted octanol–water partition coefficient (Wildman–Crippen LogP) is 5.16. The Labute approximate surface area is 174 Å². The summed E-state index contributed by atoms with van der Waals surface area (Å²) in [7, 11) is 0. The molecule has 0 saturated carbocycles. The van der Waals surface area contributed by atoms with Gasteiger partial charge >= 0.3 is 0 Å². The first kappa shape index (κ1) is 19.4. The zero-order valence-electron chi connectivity index (χ0n) is 15.4. The van der Waals surface area contributed by atoms with Gasteiger partial charge in [-0.1, -0.05) is 35.3 Å². The van der Waals surface area contributed by atoms with Gasteiger partial charge in [-0.2, -0.15) is 5.10 Å². The molecular weight excluding hydrogens is 395 g/mol. The zero-order valence-corrected chi connectivity index (χ0v) is 16.9. The number of nitrogens with zero attached hydrogens (tertiary/aromatic N) is 3. The third kappa shape index (κ3) is 4.55. The fourth-order valence-corrected chi connectivity index (χ4v) is 3.97. The molecule has 1 aliphatic heterocycles. The van der Waals surface area contributed by atoms with E-state index in [-0.39, 0.29) is 12.3 Å². The van der Waals surface area contributed by atoms with Gasteiger partial charge in [0.2, 0.25) is 0 Å². The Kier molecular flexibility index (Phi) is 6.27. The molecule has 7 heteroatoms. The third-order valence-electron chi connectivity index (χ3n) is 4.91. The summed E-state index contributed by atoms with van der Waals surface area (Å²) < 4.78 is 7.77. The summed E-state index contributed by atoms with van der Waals surface area (Å²) in [5.74, 6) is 0. The molecule has 0 spiro atoms. The van der Waals surface area contributed by atoms with Crippen molar-refractivity contribution in [2.75, 3.05) is 6.61 Å². The minimum absolute atomic E-state index is 0.00200. The van der Waals surface area contributed by atoms with Crippen molar-refractivity contribution in [1.82, 2.24) is 20.1 Å². The highest BCUT2D eigenvalue weighted by molar-refractivity contribution is 6.35. The normalized spacial score (nSPS) is 18.1. The van der Waals surface area contributed by atoms with Crippen molar-refractivity contribution in [3.05, 3.63) is 81.9 Å². The maximum absolute atomic E-state index is 6.52. The number of aromatic nitrogens is 3. The minimum Gasteiger partial charge on any atom is -0.357 e. The molecule has 2 aromatic heterocycles. The summed E-state index contributed by atoms with van der Waals surface area (Å²) in [6.07, 6.45) is 10.8. The van der Waals surface area contributed by atoms with Gasteiger partial charge in [-0.25, -0.2) is 4.68 Å². The molecule has 1 saturated heterocycles. The van der Waals surface area contributed by atoms with Crippen LogP contribution < -0.4 is 5.32 Å². The summed E-state index contributed by atoms with van der Waals surface area (Å²) in [5.41, 5.74) is 3.09. The maximum Gasteiger partial charge on any atom is 0.150 e. The third-order valence-corrected chi connectivity index (χ3v) is 5.47. The topological polar surface area (TPSA) is 52.0 Å². The van der Waals surface area contributed by atoms with Crippen LogP contribution in [0, 0.1) is 0 Å². The quantitative estimate of drug-likeness (QED) is 0.602. The molecular formula is C21H22Cl2N4O. The monoisotopic (exact) mass is 416 g/mol. The van der Waals surface area contributed by atoms with E-state index in [4.69, 9.17) is 27.9 Å².